The van der Waals surface area contributed by atoms with Crippen molar-refractivity contribution in [1.29, 1.82) is 0 Å². The molecule has 1 aromatic carbocycles. The molecule has 1 amide bonds. The Labute approximate surface area is 93.5 Å². The Balaban J connectivity index is 2.43. The molecule has 5 heteroatoms. The summed E-state index contributed by atoms with van der Waals surface area (Å²) in [4.78, 5) is 11.1. The Morgan fingerprint density at radius 1 is 1.44 bits per heavy atom. The number of carbonyl (C=O) groups excluding carboxylic acids is 1. The monoisotopic (exact) mass is 226 g/mol. The van der Waals surface area contributed by atoms with Crippen molar-refractivity contribution >= 4 is 5.91 Å². The summed E-state index contributed by atoms with van der Waals surface area (Å²) in [5, 5.41) is 14.9. The lowest BCUT2D eigenvalue weighted by molar-refractivity contribution is -0.120. The third-order valence-electron chi connectivity index (χ3n) is 2.08. The smallest absolute Gasteiger partial charge is 0.234 e. The second-order valence-corrected chi connectivity index (χ2v) is 3.40. The van der Waals surface area contributed by atoms with Gasteiger partial charge in [0.15, 0.2) is 0 Å². The second kappa shape index (κ2) is 6.19. The largest absolute Gasteiger partial charge is 0.387 e. The summed E-state index contributed by atoms with van der Waals surface area (Å²) < 4.78 is 12.6. The van der Waals surface area contributed by atoms with Crippen LogP contribution < -0.4 is 10.6 Å². The molecule has 3 N–H and O–H groups in total. The average Bonchev–Trinajstić information content (AvgIpc) is 2.27. The van der Waals surface area contributed by atoms with Crippen LogP contribution in [0.15, 0.2) is 24.3 Å². The molecule has 4 nitrogen and oxygen atoms in total. The molecule has 1 rings (SSSR count). The fourth-order valence-corrected chi connectivity index (χ4v) is 1.24. The fraction of sp³-hybridized carbons (Fsp3) is 0.364. The molecule has 0 aromatic heterocycles. The summed E-state index contributed by atoms with van der Waals surface area (Å²) in [5.41, 5.74) is 0.575. The number of halogens is 1. The van der Waals surface area contributed by atoms with Crippen molar-refractivity contribution in [2.45, 2.75) is 6.10 Å². The van der Waals surface area contributed by atoms with Crippen molar-refractivity contribution in [3.63, 3.8) is 0 Å². The lowest BCUT2D eigenvalue weighted by atomic mass is 10.1. The zero-order chi connectivity index (χ0) is 12.0. The standard InChI is InChI=1S/C11H15FN2O2/c1-13-7-11(16)14-6-10(15)8-2-4-9(12)5-3-8/h2-5,10,13,15H,6-7H2,1H3,(H,14,16). The number of aliphatic hydroxyl groups is 1. The summed E-state index contributed by atoms with van der Waals surface area (Å²) in [6.45, 7) is 0.322. The van der Waals surface area contributed by atoms with E-state index in [-0.39, 0.29) is 24.8 Å². The van der Waals surface area contributed by atoms with Crippen LogP contribution in [0.1, 0.15) is 11.7 Å². The highest BCUT2D eigenvalue weighted by molar-refractivity contribution is 5.77. The van der Waals surface area contributed by atoms with Gasteiger partial charge in [-0.3, -0.25) is 4.79 Å². The molecule has 1 atom stereocenters. The molecule has 0 saturated heterocycles. The van der Waals surface area contributed by atoms with Gasteiger partial charge in [-0.2, -0.15) is 0 Å². The first-order chi connectivity index (χ1) is 7.63. The third kappa shape index (κ3) is 3.96. The number of hydrogen-bond acceptors (Lipinski definition) is 3. The van der Waals surface area contributed by atoms with Gasteiger partial charge in [-0.1, -0.05) is 12.1 Å². The second-order valence-electron chi connectivity index (χ2n) is 3.40. The van der Waals surface area contributed by atoms with Gasteiger partial charge in [0.2, 0.25) is 5.91 Å². The topological polar surface area (TPSA) is 61.4 Å². The summed E-state index contributed by atoms with van der Waals surface area (Å²) in [7, 11) is 1.66. The molecule has 16 heavy (non-hydrogen) atoms. The van der Waals surface area contributed by atoms with Gasteiger partial charge in [-0.05, 0) is 24.7 Å². The number of rotatable bonds is 5. The fourth-order valence-electron chi connectivity index (χ4n) is 1.24. The molecule has 0 aliphatic rings. The third-order valence-corrected chi connectivity index (χ3v) is 2.08. The maximum Gasteiger partial charge on any atom is 0.234 e. The van der Waals surface area contributed by atoms with E-state index in [0.717, 1.165) is 0 Å². The van der Waals surface area contributed by atoms with E-state index in [1.54, 1.807) is 7.05 Å². The van der Waals surface area contributed by atoms with Crippen LogP contribution in [0.4, 0.5) is 4.39 Å². The van der Waals surface area contributed by atoms with Crippen LogP contribution in [-0.2, 0) is 4.79 Å². The molecular weight excluding hydrogens is 211 g/mol. The molecular formula is C11H15FN2O2. The van der Waals surface area contributed by atoms with E-state index in [1.165, 1.54) is 24.3 Å². The van der Waals surface area contributed by atoms with Crippen molar-refractivity contribution in [3.8, 4) is 0 Å². The SMILES string of the molecule is CNCC(=O)NCC(O)c1ccc(F)cc1. The van der Waals surface area contributed by atoms with Crippen LogP contribution in [0.2, 0.25) is 0 Å². The number of likely N-dealkylation sites (N-methyl/N-ethyl adjacent to an activating group) is 1. The van der Waals surface area contributed by atoms with E-state index in [9.17, 15) is 14.3 Å². The Kier molecular flexibility index (Phi) is 4.88. The van der Waals surface area contributed by atoms with Crippen molar-refractivity contribution in [2.75, 3.05) is 20.1 Å². The Bertz CT molecular complexity index is 340. The van der Waals surface area contributed by atoms with E-state index < -0.39 is 6.10 Å². The molecule has 0 spiro atoms. The quantitative estimate of drug-likeness (QED) is 0.672. The van der Waals surface area contributed by atoms with Crippen LogP contribution in [0, 0.1) is 5.82 Å². The first-order valence-corrected chi connectivity index (χ1v) is 4.98. The van der Waals surface area contributed by atoms with Crippen molar-refractivity contribution in [1.82, 2.24) is 10.6 Å². The normalized spacial score (nSPS) is 12.2. The van der Waals surface area contributed by atoms with E-state index in [4.69, 9.17) is 0 Å². The number of benzene rings is 1. The zero-order valence-corrected chi connectivity index (χ0v) is 9.03. The summed E-state index contributed by atoms with van der Waals surface area (Å²) in [5.74, 6) is -0.543. The first-order valence-electron chi connectivity index (χ1n) is 4.98. The summed E-state index contributed by atoms with van der Waals surface area (Å²) in [6.07, 6.45) is -0.818. The van der Waals surface area contributed by atoms with Crippen molar-refractivity contribution in [3.05, 3.63) is 35.6 Å². The molecule has 0 radical (unpaired) electrons. The Hall–Kier alpha value is -1.46. The van der Waals surface area contributed by atoms with Gasteiger partial charge in [0.05, 0.1) is 12.6 Å². The van der Waals surface area contributed by atoms with Gasteiger partial charge in [0, 0.05) is 6.54 Å². The molecule has 0 bridgehead atoms. The molecule has 0 fully saturated rings. The van der Waals surface area contributed by atoms with E-state index in [2.05, 4.69) is 10.6 Å². The summed E-state index contributed by atoms with van der Waals surface area (Å²) >= 11 is 0. The van der Waals surface area contributed by atoms with Crippen LogP contribution in [0.3, 0.4) is 0 Å². The summed E-state index contributed by atoms with van der Waals surface area (Å²) in [6, 6.07) is 5.52. The average molecular weight is 226 g/mol. The van der Waals surface area contributed by atoms with Crippen molar-refractivity contribution in [2.24, 2.45) is 0 Å². The molecule has 0 aliphatic heterocycles. The highest BCUT2D eigenvalue weighted by Gasteiger charge is 2.08. The van der Waals surface area contributed by atoms with E-state index >= 15 is 0 Å². The minimum absolute atomic E-state index is 0.117. The van der Waals surface area contributed by atoms with Gasteiger partial charge in [0.1, 0.15) is 5.82 Å². The minimum atomic E-state index is -0.818. The lowest BCUT2D eigenvalue weighted by Gasteiger charge is -2.12. The maximum absolute atomic E-state index is 12.6. The van der Waals surface area contributed by atoms with Crippen LogP contribution in [0.5, 0.6) is 0 Å². The number of amides is 1. The molecule has 0 saturated carbocycles. The molecule has 0 heterocycles. The van der Waals surface area contributed by atoms with Gasteiger partial charge < -0.3 is 15.7 Å². The predicted molar refractivity (Wildman–Crippen MR) is 58.3 cm³/mol. The Morgan fingerprint density at radius 2 is 2.06 bits per heavy atom. The van der Waals surface area contributed by atoms with Gasteiger partial charge in [-0.15, -0.1) is 0 Å². The van der Waals surface area contributed by atoms with Crippen LogP contribution in [-0.4, -0.2) is 31.2 Å². The van der Waals surface area contributed by atoms with Crippen LogP contribution >= 0.6 is 0 Å². The first kappa shape index (κ1) is 12.6. The van der Waals surface area contributed by atoms with Gasteiger partial charge in [0.25, 0.3) is 0 Å². The van der Waals surface area contributed by atoms with Gasteiger partial charge >= 0.3 is 0 Å². The predicted octanol–water partition coefficient (Wildman–Crippen LogP) is 0.195. The molecule has 1 aromatic rings. The number of hydrogen-bond donors (Lipinski definition) is 3. The number of carbonyl (C=O) groups is 1. The molecule has 0 aliphatic carbocycles. The van der Waals surface area contributed by atoms with Gasteiger partial charge in [-0.25, -0.2) is 4.39 Å². The number of nitrogens with one attached hydrogen (secondary N) is 2. The molecule has 88 valence electrons. The van der Waals surface area contributed by atoms with E-state index in [1.807, 2.05) is 0 Å². The zero-order valence-electron chi connectivity index (χ0n) is 9.03. The van der Waals surface area contributed by atoms with Crippen LogP contribution in [0.25, 0.3) is 0 Å². The highest BCUT2D eigenvalue weighted by Crippen LogP contribution is 2.12. The highest BCUT2D eigenvalue weighted by atomic mass is 19.1. The lowest BCUT2D eigenvalue weighted by Crippen LogP contribution is -2.34. The maximum atomic E-state index is 12.6. The number of aliphatic hydroxyl groups excluding tert-OH is 1. The van der Waals surface area contributed by atoms with E-state index in [0.29, 0.717) is 5.56 Å². The Morgan fingerprint density at radius 3 is 2.62 bits per heavy atom. The molecule has 1 unspecified atom stereocenters. The minimum Gasteiger partial charge on any atom is -0.387 e. The van der Waals surface area contributed by atoms with Crippen molar-refractivity contribution < 1.29 is 14.3 Å².